The number of benzene rings is 1. The van der Waals surface area contributed by atoms with Gasteiger partial charge in [-0.05, 0) is 24.2 Å². The van der Waals surface area contributed by atoms with Crippen LogP contribution in [0.25, 0.3) is 0 Å². The third kappa shape index (κ3) is 2.06. The van der Waals surface area contributed by atoms with Crippen LogP contribution in [0.1, 0.15) is 22.3 Å². The summed E-state index contributed by atoms with van der Waals surface area (Å²) >= 11 is 3.40. The van der Waals surface area contributed by atoms with Crippen LogP contribution in [0.15, 0.2) is 16.6 Å². The molecule has 0 aliphatic carbocycles. The van der Waals surface area contributed by atoms with Crippen LogP contribution >= 0.6 is 15.9 Å². The van der Waals surface area contributed by atoms with Gasteiger partial charge >= 0.3 is 0 Å². The number of nitrogens with two attached hydrogens (primary N) is 1. The Labute approximate surface area is 96.7 Å². The topological polar surface area (TPSA) is 52.3 Å². The standard InChI is InChI=1S/C11H12BrNO2/c12-8-5-7-2-4-15-11(7)9(6-8)10(14)1-3-13/h5-6H,1-4,13H2. The Morgan fingerprint density at radius 3 is 3.07 bits per heavy atom. The van der Waals surface area contributed by atoms with Crippen LogP contribution in [0.5, 0.6) is 5.75 Å². The number of ketones is 1. The molecule has 4 heteroatoms. The quantitative estimate of drug-likeness (QED) is 0.854. The summed E-state index contributed by atoms with van der Waals surface area (Å²) < 4.78 is 6.39. The number of fused-ring (bicyclic) bond motifs is 1. The van der Waals surface area contributed by atoms with Gasteiger partial charge in [0.2, 0.25) is 0 Å². The molecule has 0 radical (unpaired) electrons. The van der Waals surface area contributed by atoms with E-state index < -0.39 is 0 Å². The van der Waals surface area contributed by atoms with Crippen molar-refractivity contribution >= 4 is 21.7 Å². The van der Waals surface area contributed by atoms with Crippen molar-refractivity contribution < 1.29 is 9.53 Å². The van der Waals surface area contributed by atoms with Crippen LogP contribution in [0.4, 0.5) is 0 Å². The number of hydrogen-bond acceptors (Lipinski definition) is 3. The van der Waals surface area contributed by atoms with Crippen LogP contribution in [0, 0.1) is 0 Å². The highest BCUT2D eigenvalue weighted by atomic mass is 79.9. The molecule has 0 amide bonds. The van der Waals surface area contributed by atoms with E-state index in [2.05, 4.69) is 15.9 Å². The summed E-state index contributed by atoms with van der Waals surface area (Å²) in [6.07, 6.45) is 1.24. The summed E-state index contributed by atoms with van der Waals surface area (Å²) in [6.45, 7) is 1.04. The Morgan fingerprint density at radius 1 is 1.53 bits per heavy atom. The van der Waals surface area contributed by atoms with Gasteiger partial charge < -0.3 is 10.5 Å². The van der Waals surface area contributed by atoms with Gasteiger partial charge in [0.15, 0.2) is 5.78 Å². The van der Waals surface area contributed by atoms with E-state index in [0.717, 1.165) is 22.2 Å². The van der Waals surface area contributed by atoms with Gasteiger partial charge in [0.25, 0.3) is 0 Å². The molecule has 3 nitrogen and oxygen atoms in total. The lowest BCUT2D eigenvalue weighted by molar-refractivity contribution is 0.0982. The monoisotopic (exact) mass is 269 g/mol. The molecular formula is C11H12BrNO2. The zero-order valence-corrected chi connectivity index (χ0v) is 9.84. The van der Waals surface area contributed by atoms with Gasteiger partial charge in [-0.3, -0.25) is 4.79 Å². The molecule has 1 heterocycles. The van der Waals surface area contributed by atoms with E-state index >= 15 is 0 Å². The lowest BCUT2D eigenvalue weighted by Gasteiger charge is -2.07. The second-order valence-corrected chi connectivity index (χ2v) is 4.42. The second-order valence-electron chi connectivity index (χ2n) is 3.50. The maximum Gasteiger partial charge on any atom is 0.167 e. The van der Waals surface area contributed by atoms with Crippen molar-refractivity contribution in [2.75, 3.05) is 13.2 Å². The molecule has 1 aromatic carbocycles. The van der Waals surface area contributed by atoms with Crippen molar-refractivity contribution in [3.8, 4) is 5.75 Å². The predicted molar refractivity (Wildman–Crippen MR) is 61.3 cm³/mol. The number of hydrogen-bond donors (Lipinski definition) is 1. The Bertz CT molecular complexity index is 404. The molecule has 15 heavy (non-hydrogen) atoms. The molecule has 0 fully saturated rings. The fourth-order valence-corrected chi connectivity index (χ4v) is 2.25. The molecule has 2 rings (SSSR count). The van der Waals surface area contributed by atoms with Crippen LogP contribution in [-0.2, 0) is 6.42 Å². The number of carbonyl (C=O) groups is 1. The van der Waals surface area contributed by atoms with Crippen molar-refractivity contribution in [2.45, 2.75) is 12.8 Å². The predicted octanol–water partition coefficient (Wildman–Crippen LogP) is 1.92. The van der Waals surface area contributed by atoms with Crippen LogP contribution in [-0.4, -0.2) is 18.9 Å². The summed E-state index contributed by atoms with van der Waals surface area (Å²) in [7, 11) is 0. The van der Waals surface area contributed by atoms with E-state index in [1.54, 1.807) is 0 Å². The van der Waals surface area contributed by atoms with E-state index in [-0.39, 0.29) is 5.78 Å². The molecule has 1 aliphatic rings. The maximum absolute atomic E-state index is 11.8. The minimum Gasteiger partial charge on any atom is -0.492 e. The first-order valence-corrected chi connectivity index (χ1v) is 5.70. The van der Waals surface area contributed by atoms with E-state index in [1.807, 2.05) is 12.1 Å². The molecule has 0 saturated carbocycles. The molecule has 0 unspecified atom stereocenters. The molecule has 0 aromatic heterocycles. The number of rotatable bonds is 3. The first kappa shape index (κ1) is 10.6. The highest BCUT2D eigenvalue weighted by Gasteiger charge is 2.21. The lowest BCUT2D eigenvalue weighted by Crippen LogP contribution is -2.09. The Morgan fingerprint density at radius 2 is 2.33 bits per heavy atom. The first-order valence-electron chi connectivity index (χ1n) is 4.91. The fourth-order valence-electron chi connectivity index (χ4n) is 1.74. The van der Waals surface area contributed by atoms with E-state index in [0.29, 0.717) is 25.1 Å². The third-order valence-corrected chi connectivity index (χ3v) is 2.88. The zero-order valence-electron chi connectivity index (χ0n) is 8.25. The van der Waals surface area contributed by atoms with Crippen molar-refractivity contribution in [1.82, 2.24) is 0 Å². The zero-order chi connectivity index (χ0) is 10.8. The highest BCUT2D eigenvalue weighted by Crippen LogP contribution is 2.33. The number of ether oxygens (including phenoxy) is 1. The van der Waals surface area contributed by atoms with Crippen LogP contribution < -0.4 is 10.5 Å². The van der Waals surface area contributed by atoms with Gasteiger partial charge in [0.1, 0.15) is 5.75 Å². The average molecular weight is 270 g/mol. The van der Waals surface area contributed by atoms with Gasteiger partial charge in [-0.2, -0.15) is 0 Å². The Balaban J connectivity index is 2.42. The normalized spacial score (nSPS) is 13.5. The van der Waals surface area contributed by atoms with E-state index in [1.165, 1.54) is 0 Å². The SMILES string of the molecule is NCCC(=O)c1cc(Br)cc2c1OCC2. The Hall–Kier alpha value is -0.870. The fraction of sp³-hybridized carbons (Fsp3) is 0.364. The molecule has 2 N–H and O–H groups in total. The Kier molecular flexibility index (Phi) is 3.07. The van der Waals surface area contributed by atoms with Gasteiger partial charge in [-0.1, -0.05) is 15.9 Å². The van der Waals surface area contributed by atoms with Gasteiger partial charge in [-0.15, -0.1) is 0 Å². The molecule has 1 aromatic rings. The molecule has 80 valence electrons. The van der Waals surface area contributed by atoms with Gasteiger partial charge in [0, 0.05) is 17.3 Å². The molecule has 0 bridgehead atoms. The molecular weight excluding hydrogens is 258 g/mol. The highest BCUT2D eigenvalue weighted by molar-refractivity contribution is 9.10. The van der Waals surface area contributed by atoms with Crippen molar-refractivity contribution in [3.05, 3.63) is 27.7 Å². The largest absolute Gasteiger partial charge is 0.492 e. The summed E-state index contributed by atoms with van der Waals surface area (Å²) in [4.78, 5) is 11.8. The minimum atomic E-state index is 0.0527. The maximum atomic E-state index is 11.8. The molecule has 1 aliphatic heterocycles. The lowest BCUT2D eigenvalue weighted by atomic mass is 10.0. The minimum absolute atomic E-state index is 0.0527. The molecule has 0 atom stereocenters. The van der Waals surface area contributed by atoms with E-state index in [9.17, 15) is 4.79 Å². The average Bonchev–Trinajstić information content (AvgIpc) is 2.64. The molecule has 0 saturated heterocycles. The summed E-state index contributed by atoms with van der Waals surface area (Å²) in [5, 5.41) is 0. The van der Waals surface area contributed by atoms with Gasteiger partial charge in [-0.25, -0.2) is 0 Å². The molecule has 0 spiro atoms. The van der Waals surface area contributed by atoms with Crippen molar-refractivity contribution in [3.63, 3.8) is 0 Å². The van der Waals surface area contributed by atoms with Gasteiger partial charge in [0.05, 0.1) is 12.2 Å². The van der Waals surface area contributed by atoms with Crippen molar-refractivity contribution in [1.29, 1.82) is 0 Å². The first-order chi connectivity index (χ1) is 7.22. The third-order valence-electron chi connectivity index (χ3n) is 2.42. The summed E-state index contributed by atoms with van der Waals surface area (Å²) in [5.74, 6) is 0.800. The van der Waals surface area contributed by atoms with Crippen molar-refractivity contribution in [2.24, 2.45) is 5.73 Å². The number of carbonyl (C=O) groups excluding carboxylic acids is 1. The number of halogens is 1. The van der Waals surface area contributed by atoms with Crippen LogP contribution in [0.3, 0.4) is 0 Å². The van der Waals surface area contributed by atoms with E-state index in [4.69, 9.17) is 10.5 Å². The second kappa shape index (κ2) is 4.33. The van der Waals surface area contributed by atoms with Crippen LogP contribution in [0.2, 0.25) is 0 Å². The summed E-state index contributed by atoms with van der Waals surface area (Å²) in [6, 6.07) is 3.81. The smallest absolute Gasteiger partial charge is 0.167 e. The number of Topliss-reactive ketones (excluding diaryl/α,β-unsaturated/α-hetero) is 1. The summed E-state index contributed by atoms with van der Waals surface area (Å²) in [5.41, 5.74) is 7.13.